The predicted molar refractivity (Wildman–Crippen MR) is 151 cm³/mol. The third-order valence-corrected chi connectivity index (χ3v) is 7.38. The highest BCUT2D eigenvalue weighted by molar-refractivity contribution is 6.18. The Morgan fingerprint density at radius 3 is 2.54 bits per heavy atom. The summed E-state index contributed by atoms with van der Waals surface area (Å²) in [5.41, 5.74) is 3.42. The number of rotatable bonds is 7. The summed E-state index contributed by atoms with van der Waals surface area (Å²) in [7, 11) is 2.15. The van der Waals surface area contributed by atoms with Crippen LogP contribution in [0.15, 0.2) is 54.7 Å². The lowest BCUT2D eigenvalue weighted by molar-refractivity contribution is 0.0875. The summed E-state index contributed by atoms with van der Waals surface area (Å²) in [4.78, 5) is 30.7. The van der Waals surface area contributed by atoms with E-state index in [9.17, 15) is 9.18 Å². The van der Waals surface area contributed by atoms with Gasteiger partial charge >= 0.3 is 0 Å². The van der Waals surface area contributed by atoms with Gasteiger partial charge < -0.3 is 30.2 Å². The number of benzene rings is 2. The molecule has 4 heterocycles. The summed E-state index contributed by atoms with van der Waals surface area (Å²) >= 11 is 0. The molecule has 2 aromatic heterocycles. The molecule has 0 aliphatic carbocycles. The second-order valence-electron chi connectivity index (χ2n) is 10.2. The first-order chi connectivity index (χ1) is 19.0. The molecule has 2 saturated heterocycles. The van der Waals surface area contributed by atoms with E-state index in [0.717, 1.165) is 51.3 Å². The number of piperazine rings is 1. The monoisotopic (exact) mass is 529 g/mol. The molecule has 0 amide bonds. The molecule has 0 radical (unpaired) electrons. The molecule has 9 nitrogen and oxygen atoms in total. The zero-order valence-corrected chi connectivity index (χ0v) is 21.9. The average Bonchev–Trinajstić information content (AvgIpc) is 3.39. The molecular weight excluding hydrogens is 497 g/mol. The number of carbonyl (C=O) groups is 1. The fraction of sp³-hybridized carbons (Fsp3) is 0.345. The lowest BCUT2D eigenvalue weighted by atomic mass is 10.0. The first-order valence-electron chi connectivity index (χ1n) is 13.4. The predicted octanol–water partition coefficient (Wildman–Crippen LogP) is 4.41. The highest BCUT2D eigenvalue weighted by Gasteiger charge is 2.23. The van der Waals surface area contributed by atoms with Gasteiger partial charge in [-0.05, 0) is 68.4 Å². The lowest BCUT2D eigenvalue weighted by Crippen LogP contribution is -2.44. The van der Waals surface area contributed by atoms with E-state index in [0.29, 0.717) is 40.5 Å². The van der Waals surface area contributed by atoms with E-state index in [4.69, 9.17) is 9.72 Å². The van der Waals surface area contributed by atoms with Gasteiger partial charge in [-0.15, -0.1) is 0 Å². The van der Waals surface area contributed by atoms with Gasteiger partial charge in [0.15, 0.2) is 5.78 Å². The number of nitrogens with one attached hydrogen (secondary N) is 3. The van der Waals surface area contributed by atoms with Crippen molar-refractivity contribution in [3.8, 4) is 0 Å². The maximum atomic E-state index is 13.5. The fourth-order valence-electron chi connectivity index (χ4n) is 5.13. The third kappa shape index (κ3) is 5.57. The molecule has 1 atom stereocenters. The van der Waals surface area contributed by atoms with Crippen molar-refractivity contribution in [2.75, 3.05) is 62.0 Å². The number of aromatic nitrogens is 3. The highest BCUT2D eigenvalue weighted by Crippen LogP contribution is 2.30. The molecule has 0 spiro atoms. The van der Waals surface area contributed by atoms with Crippen LogP contribution in [0, 0.1) is 5.82 Å². The van der Waals surface area contributed by atoms with Crippen LogP contribution in [0.2, 0.25) is 0 Å². The standard InChI is InChI=1S/C29H32FN7O2/c1-36-12-14-37(15-13-36)23-10-8-21(9-11-23)33-29-34-27-25(28(35-29)32-22-3-2-16-39-18-22)24(17-31-27)26(38)19-4-6-20(30)7-5-19/h4-11,17,22H,2-3,12-16,18H2,1H3,(H3,31,32,33,34,35)/t22-/m1/s1. The Bertz CT molecular complexity index is 1440. The van der Waals surface area contributed by atoms with Crippen molar-refractivity contribution >= 4 is 40.0 Å². The lowest BCUT2D eigenvalue weighted by Gasteiger charge is -2.34. The van der Waals surface area contributed by atoms with Crippen LogP contribution in [-0.2, 0) is 4.74 Å². The van der Waals surface area contributed by atoms with Gasteiger partial charge in [-0.2, -0.15) is 9.97 Å². The Balaban J connectivity index is 1.29. The number of hydrogen-bond donors (Lipinski definition) is 3. The van der Waals surface area contributed by atoms with Gasteiger partial charge in [-0.1, -0.05) is 0 Å². The number of ether oxygens (including phenoxy) is 1. The zero-order valence-electron chi connectivity index (χ0n) is 21.9. The summed E-state index contributed by atoms with van der Waals surface area (Å²) in [6.45, 7) is 5.43. The van der Waals surface area contributed by atoms with Gasteiger partial charge in [0.05, 0.1) is 23.6 Å². The van der Waals surface area contributed by atoms with Crippen molar-refractivity contribution in [3.63, 3.8) is 0 Å². The van der Waals surface area contributed by atoms with E-state index in [1.165, 1.54) is 30.0 Å². The zero-order chi connectivity index (χ0) is 26.8. The number of halogens is 1. The molecule has 0 unspecified atom stereocenters. The Labute approximate surface area is 226 Å². The van der Waals surface area contributed by atoms with Crippen molar-refractivity contribution in [2.45, 2.75) is 18.9 Å². The van der Waals surface area contributed by atoms with Gasteiger partial charge in [-0.3, -0.25) is 4.79 Å². The minimum atomic E-state index is -0.388. The first kappa shape index (κ1) is 25.3. The number of carbonyl (C=O) groups excluding carboxylic acids is 1. The number of ketones is 1. The molecule has 2 aliphatic heterocycles. The third-order valence-electron chi connectivity index (χ3n) is 7.38. The number of aromatic amines is 1. The smallest absolute Gasteiger partial charge is 0.231 e. The molecule has 3 N–H and O–H groups in total. The molecule has 6 rings (SSSR count). The van der Waals surface area contributed by atoms with Crippen LogP contribution in [0.3, 0.4) is 0 Å². The maximum Gasteiger partial charge on any atom is 0.231 e. The molecule has 0 bridgehead atoms. The molecule has 2 aliphatic rings. The molecular formula is C29H32FN7O2. The number of fused-ring (bicyclic) bond motifs is 1. The van der Waals surface area contributed by atoms with E-state index in [2.05, 4.69) is 49.6 Å². The molecule has 39 heavy (non-hydrogen) atoms. The molecule has 202 valence electrons. The van der Waals surface area contributed by atoms with Crippen LogP contribution in [0.1, 0.15) is 28.8 Å². The van der Waals surface area contributed by atoms with Crippen LogP contribution in [0.4, 0.5) is 27.5 Å². The van der Waals surface area contributed by atoms with Gasteiger partial charge in [0, 0.05) is 55.9 Å². The van der Waals surface area contributed by atoms with Crippen LogP contribution in [0.25, 0.3) is 11.0 Å². The molecule has 2 fully saturated rings. The van der Waals surface area contributed by atoms with E-state index in [1.54, 1.807) is 6.20 Å². The van der Waals surface area contributed by atoms with Crippen molar-refractivity contribution in [1.82, 2.24) is 19.9 Å². The second kappa shape index (κ2) is 11.0. The molecule has 4 aromatic rings. The normalized spacial score (nSPS) is 18.3. The second-order valence-corrected chi connectivity index (χ2v) is 10.2. The van der Waals surface area contributed by atoms with Gasteiger partial charge in [-0.25, -0.2) is 4.39 Å². The Morgan fingerprint density at radius 2 is 1.82 bits per heavy atom. The summed E-state index contributed by atoms with van der Waals surface area (Å²) in [6, 6.07) is 13.9. The van der Waals surface area contributed by atoms with E-state index in [-0.39, 0.29) is 17.6 Å². The number of anilines is 4. The Hall–Kier alpha value is -4.02. The quantitative estimate of drug-likeness (QED) is 0.303. The van der Waals surface area contributed by atoms with Crippen molar-refractivity contribution in [2.24, 2.45) is 0 Å². The number of nitrogens with zero attached hydrogens (tertiary/aromatic N) is 4. The molecule has 2 aromatic carbocycles. The highest BCUT2D eigenvalue weighted by atomic mass is 19.1. The van der Waals surface area contributed by atoms with Crippen LogP contribution >= 0.6 is 0 Å². The molecule has 0 saturated carbocycles. The minimum absolute atomic E-state index is 0.0660. The molecule has 10 heteroatoms. The van der Waals surface area contributed by atoms with Gasteiger partial charge in [0.1, 0.15) is 17.3 Å². The van der Waals surface area contributed by atoms with E-state index < -0.39 is 0 Å². The first-order valence-corrected chi connectivity index (χ1v) is 13.4. The largest absolute Gasteiger partial charge is 0.379 e. The topological polar surface area (TPSA) is 98.4 Å². The van der Waals surface area contributed by atoms with Crippen molar-refractivity contribution in [1.29, 1.82) is 0 Å². The number of likely N-dealkylation sites (N-methyl/N-ethyl adjacent to an activating group) is 1. The van der Waals surface area contributed by atoms with Crippen molar-refractivity contribution in [3.05, 3.63) is 71.7 Å². The summed E-state index contributed by atoms with van der Waals surface area (Å²) in [5.74, 6) is 0.351. The minimum Gasteiger partial charge on any atom is -0.379 e. The van der Waals surface area contributed by atoms with Crippen LogP contribution in [-0.4, -0.2) is 78.1 Å². The fourth-order valence-corrected chi connectivity index (χ4v) is 5.13. The van der Waals surface area contributed by atoms with Gasteiger partial charge in [0.2, 0.25) is 5.95 Å². The summed E-state index contributed by atoms with van der Waals surface area (Å²) in [5, 5.41) is 7.41. The maximum absolute atomic E-state index is 13.5. The van der Waals surface area contributed by atoms with E-state index in [1.807, 2.05) is 12.1 Å². The van der Waals surface area contributed by atoms with E-state index >= 15 is 0 Å². The number of H-pyrrole nitrogens is 1. The van der Waals surface area contributed by atoms with Gasteiger partial charge in [0.25, 0.3) is 0 Å². The van der Waals surface area contributed by atoms with Crippen molar-refractivity contribution < 1.29 is 13.9 Å². The summed E-state index contributed by atoms with van der Waals surface area (Å²) < 4.78 is 19.1. The number of hydrogen-bond acceptors (Lipinski definition) is 8. The Morgan fingerprint density at radius 1 is 1.05 bits per heavy atom. The van der Waals surface area contributed by atoms with Crippen LogP contribution in [0.5, 0.6) is 0 Å². The Kier molecular flexibility index (Phi) is 7.12. The van der Waals surface area contributed by atoms with Crippen LogP contribution < -0.4 is 15.5 Å². The SMILES string of the molecule is CN1CCN(c2ccc(Nc3nc(N[C@@H]4CCCOC4)c4c(C(=O)c5ccc(F)cc5)c[nH]c4n3)cc2)CC1. The average molecular weight is 530 g/mol. The summed E-state index contributed by atoms with van der Waals surface area (Å²) in [6.07, 6.45) is 3.53.